The average Bonchev–Trinajstić information content (AvgIpc) is 3.06. The van der Waals surface area contributed by atoms with Crippen LogP contribution >= 0.6 is 0 Å². The van der Waals surface area contributed by atoms with Crippen molar-refractivity contribution in [2.45, 2.75) is 13.8 Å². The van der Waals surface area contributed by atoms with Crippen LogP contribution in [0.2, 0.25) is 0 Å². The van der Waals surface area contributed by atoms with Gasteiger partial charge in [-0.1, -0.05) is 18.2 Å². The van der Waals surface area contributed by atoms with Gasteiger partial charge in [-0.25, -0.2) is 4.39 Å². The molecule has 1 saturated heterocycles. The molecule has 0 unspecified atom stereocenters. The number of carbonyl (C=O) groups excluding carboxylic acids is 1. The zero-order chi connectivity index (χ0) is 18.3. The summed E-state index contributed by atoms with van der Waals surface area (Å²) in [5.41, 5.74) is 4.56. The molecule has 2 heterocycles. The Kier molecular flexibility index (Phi) is 4.15. The van der Waals surface area contributed by atoms with Gasteiger partial charge in [0.05, 0.1) is 5.69 Å². The van der Waals surface area contributed by atoms with Gasteiger partial charge in [-0.3, -0.25) is 4.79 Å². The van der Waals surface area contributed by atoms with E-state index in [4.69, 9.17) is 0 Å². The third kappa shape index (κ3) is 2.94. The lowest BCUT2D eigenvalue weighted by atomic mass is 10.1. The minimum atomic E-state index is -0.214. The molecular weight excluding hydrogens is 329 g/mol. The monoisotopic (exact) mass is 351 g/mol. The van der Waals surface area contributed by atoms with Gasteiger partial charge in [-0.2, -0.15) is 0 Å². The van der Waals surface area contributed by atoms with E-state index in [9.17, 15) is 9.18 Å². The van der Waals surface area contributed by atoms with Crippen LogP contribution in [0.3, 0.4) is 0 Å². The van der Waals surface area contributed by atoms with Gasteiger partial charge in [0.15, 0.2) is 0 Å². The highest BCUT2D eigenvalue weighted by Crippen LogP contribution is 2.24. The Bertz CT molecular complexity index is 971. The highest BCUT2D eigenvalue weighted by Gasteiger charge is 2.24. The number of aryl methyl sites for hydroxylation is 2. The summed E-state index contributed by atoms with van der Waals surface area (Å²) in [4.78, 5) is 20.0. The first kappa shape index (κ1) is 16.6. The fourth-order valence-corrected chi connectivity index (χ4v) is 3.74. The van der Waals surface area contributed by atoms with Gasteiger partial charge in [0, 0.05) is 37.1 Å². The number of aromatic nitrogens is 1. The fraction of sp³-hybridized carbons (Fsp3) is 0.286. The van der Waals surface area contributed by atoms with Crippen molar-refractivity contribution in [2.24, 2.45) is 0 Å². The molecule has 0 aliphatic carbocycles. The summed E-state index contributed by atoms with van der Waals surface area (Å²) in [7, 11) is 0. The summed E-state index contributed by atoms with van der Waals surface area (Å²) in [5, 5.41) is 1.09. The summed E-state index contributed by atoms with van der Waals surface area (Å²) in [6, 6.07) is 12.9. The van der Waals surface area contributed by atoms with E-state index < -0.39 is 0 Å². The molecule has 0 radical (unpaired) electrons. The van der Waals surface area contributed by atoms with Gasteiger partial charge in [0.1, 0.15) is 11.5 Å². The summed E-state index contributed by atoms with van der Waals surface area (Å²) in [6.45, 7) is 6.54. The normalized spacial score (nSPS) is 14.9. The lowest BCUT2D eigenvalue weighted by molar-refractivity contribution is 0.0741. The maximum absolute atomic E-state index is 14.0. The minimum absolute atomic E-state index is 0.00596. The lowest BCUT2D eigenvalue weighted by Crippen LogP contribution is -2.49. The summed E-state index contributed by atoms with van der Waals surface area (Å²) >= 11 is 0. The number of amides is 1. The van der Waals surface area contributed by atoms with Crippen LogP contribution in [0, 0.1) is 19.7 Å². The molecular formula is C21H22FN3O. The highest BCUT2D eigenvalue weighted by molar-refractivity contribution is 5.99. The van der Waals surface area contributed by atoms with Crippen LogP contribution < -0.4 is 4.90 Å². The second-order valence-corrected chi connectivity index (χ2v) is 6.96. The Labute approximate surface area is 152 Å². The first-order chi connectivity index (χ1) is 12.5. The molecule has 2 aromatic carbocycles. The van der Waals surface area contributed by atoms with Gasteiger partial charge in [-0.05, 0) is 49.2 Å². The number of nitrogens with one attached hydrogen (secondary N) is 1. The molecule has 1 amide bonds. The number of halogens is 1. The summed E-state index contributed by atoms with van der Waals surface area (Å²) in [5.74, 6) is -0.208. The Balaban J connectivity index is 1.50. The second kappa shape index (κ2) is 6.48. The van der Waals surface area contributed by atoms with Crippen molar-refractivity contribution in [1.29, 1.82) is 0 Å². The summed E-state index contributed by atoms with van der Waals surface area (Å²) in [6.07, 6.45) is 0. The number of hydrogen-bond donors (Lipinski definition) is 1. The predicted octanol–water partition coefficient (Wildman–Crippen LogP) is 3.89. The third-order valence-electron chi connectivity index (χ3n) is 5.08. The Morgan fingerprint density at radius 2 is 1.77 bits per heavy atom. The van der Waals surface area contributed by atoms with Crippen LogP contribution in [0.1, 0.15) is 21.6 Å². The molecule has 1 fully saturated rings. The molecule has 0 atom stereocenters. The van der Waals surface area contributed by atoms with Crippen molar-refractivity contribution >= 4 is 22.5 Å². The zero-order valence-corrected chi connectivity index (χ0v) is 15.1. The number of rotatable bonds is 2. The van der Waals surface area contributed by atoms with Gasteiger partial charge < -0.3 is 14.8 Å². The molecule has 4 rings (SSSR count). The molecule has 0 spiro atoms. The first-order valence-electron chi connectivity index (χ1n) is 8.91. The number of para-hydroxylation sites is 1. The Morgan fingerprint density at radius 1 is 1.04 bits per heavy atom. The Hall–Kier alpha value is -2.82. The van der Waals surface area contributed by atoms with Crippen molar-refractivity contribution in [3.05, 3.63) is 65.1 Å². The number of aromatic amines is 1. The standard InChI is InChI=1S/C21H22FN3O/c1-14-11-15(2)16-13-19(23-18(16)12-14)21(26)25-9-7-24(8-10-25)20-6-4-3-5-17(20)22/h3-6,11-13,23H,7-10H2,1-2H3. The van der Waals surface area contributed by atoms with E-state index in [1.54, 1.807) is 12.1 Å². The van der Waals surface area contributed by atoms with E-state index in [1.807, 2.05) is 21.9 Å². The number of anilines is 1. The SMILES string of the molecule is Cc1cc(C)c2cc(C(=O)N3CCN(c4ccccc4F)CC3)[nH]c2c1. The predicted molar refractivity (Wildman–Crippen MR) is 102 cm³/mol. The molecule has 134 valence electrons. The van der Waals surface area contributed by atoms with Crippen molar-refractivity contribution in [3.63, 3.8) is 0 Å². The third-order valence-corrected chi connectivity index (χ3v) is 5.08. The van der Waals surface area contributed by atoms with Crippen LogP contribution in [-0.2, 0) is 0 Å². The van der Waals surface area contributed by atoms with E-state index in [0.717, 1.165) is 10.9 Å². The smallest absolute Gasteiger partial charge is 0.270 e. The molecule has 0 saturated carbocycles. The van der Waals surface area contributed by atoms with E-state index >= 15 is 0 Å². The molecule has 1 aliphatic rings. The van der Waals surface area contributed by atoms with E-state index in [2.05, 4.69) is 31.0 Å². The highest BCUT2D eigenvalue weighted by atomic mass is 19.1. The number of benzene rings is 2. The van der Waals surface area contributed by atoms with Crippen LogP contribution in [0.25, 0.3) is 10.9 Å². The van der Waals surface area contributed by atoms with E-state index in [0.29, 0.717) is 37.6 Å². The second-order valence-electron chi connectivity index (χ2n) is 6.96. The number of piperazine rings is 1. The average molecular weight is 351 g/mol. The van der Waals surface area contributed by atoms with Crippen LogP contribution in [0.5, 0.6) is 0 Å². The molecule has 5 heteroatoms. The topological polar surface area (TPSA) is 39.3 Å². The zero-order valence-electron chi connectivity index (χ0n) is 15.1. The molecule has 26 heavy (non-hydrogen) atoms. The molecule has 1 N–H and O–H groups in total. The van der Waals surface area contributed by atoms with Gasteiger partial charge in [0.25, 0.3) is 5.91 Å². The van der Waals surface area contributed by atoms with Gasteiger partial charge in [-0.15, -0.1) is 0 Å². The fourth-order valence-electron chi connectivity index (χ4n) is 3.74. The van der Waals surface area contributed by atoms with Crippen LogP contribution in [0.15, 0.2) is 42.5 Å². The first-order valence-corrected chi connectivity index (χ1v) is 8.91. The maximum Gasteiger partial charge on any atom is 0.270 e. The number of nitrogens with zero attached hydrogens (tertiary/aromatic N) is 2. The lowest BCUT2D eigenvalue weighted by Gasteiger charge is -2.36. The van der Waals surface area contributed by atoms with Gasteiger partial charge in [0.2, 0.25) is 0 Å². The number of H-pyrrole nitrogens is 1. The molecule has 1 aliphatic heterocycles. The van der Waals surface area contributed by atoms with Crippen LogP contribution in [-0.4, -0.2) is 42.0 Å². The Morgan fingerprint density at radius 3 is 2.50 bits per heavy atom. The molecule has 4 nitrogen and oxygen atoms in total. The molecule has 0 bridgehead atoms. The number of carbonyl (C=O) groups is 1. The largest absolute Gasteiger partial charge is 0.366 e. The van der Waals surface area contributed by atoms with Crippen molar-refractivity contribution in [1.82, 2.24) is 9.88 Å². The quantitative estimate of drug-likeness (QED) is 0.761. The van der Waals surface area contributed by atoms with Crippen LogP contribution in [0.4, 0.5) is 10.1 Å². The summed E-state index contributed by atoms with van der Waals surface area (Å²) < 4.78 is 14.0. The molecule has 1 aromatic heterocycles. The van der Waals surface area contributed by atoms with Crippen molar-refractivity contribution in [3.8, 4) is 0 Å². The van der Waals surface area contributed by atoms with E-state index in [1.165, 1.54) is 17.2 Å². The van der Waals surface area contributed by atoms with E-state index in [-0.39, 0.29) is 11.7 Å². The molecule has 3 aromatic rings. The number of hydrogen-bond acceptors (Lipinski definition) is 2. The minimum Gasteiger partial charge on any atom is -0.366 e. The van der Waals surface area contributed by atoms with Crippen molar-refractivity contribution < 1.29 is 9.18 Å². The van der Waals surface area contributed by atoms with Gasteiger partial charge >= 0.3 is 0 Å². The number of fused-ring (bicyclic) bond motifs is 1. The maximum atomic E-state index is 14.0. The van der Waals surface area contributed by atoms with Crippen molar-refractivity contribution in [2.75, 3.05) is 31.1 Å².